The summed E-state index contributed by atoms with van der Waals surface area (Å²) < 4.78 is 1.85. The van der Waals surface area contributed by atoms with Gasteiger partial charge in [0, 0.05) is 36.1 Å². The van der Waals surface area contributed by atoms with Gasteiger partial charge in [-0.2, -0.15) is 15.9 Å². The number of hydrogen-bond donors (Lipinski definition) is 1. The lowest BCUT2D eigenvalue weighted by molar-refractivity contribution is 0.126. The Labute approximate surface area is 163 Å². The van der Waals surface area contributed by atoms with E-state index in [0.717, 1.165) is 28.9 Å². The van der Waals surface area contributed by atoms with Crippen molar-refractivity contribution in [1.82, 2.24) is 24.7 Å². The molecule has 0 unspecified atom stereocenters. The van der Waals surface area contributed by atoms with Crippen LogP contribution in [0.2, 0.25) is 0 Å². The molecule has 2 aliphatic rings. The van der Waals surface area contributed by atoms with E-state index >= 15 is 0 Å². The van der Waals surface area contributed by atoms with Crippen molar-refractivity contribution >= 4 is 22.8 Å². The first kappa shape index (κ1) is 17.1. The van der Waals surface area contributed by atoms with E-state index < -0.39 is 0 Å². The molecule has 1 aliphatic carbocycles. The molecule has 142 valence electrons. The Morgan fingerprint density at radius 3 is 2.59 bits per heavy atom. The fraction of sp³-hybridized carbons (Fsp3) is 0.550. The van der Waals surface area contributed by atoms with Crippen molar-refractivity contribution < 1.29 is 0 Å². The van der Waals surface area contributed by atoms with Crippen molar-refractivity contribution in [2.45, 2.75) is 57.0 Å². The van der Waals surface area contributed by atoms with Crippen LogP contribution in [0.4, 0.5) is 5.82 Å². The molecule has 1 saturated heterocycles. The predicted molar refractivity (Wildman–Crippen MR) is 109 cm³/mol. The molecule has 0 bridgehead atoms. The highest BCUT2D eigenvalue weighted by Gasteiger charge is 2.26. The van der Waals surface area contributed by atoms with Gasteiger partial charge in [-0.3, -0.25) is 0 Å². The highest BCUT2D eigenvalue weighted by atomic mass is 32.1. The van der Waals surface area contributed by atoms with E-state index in [4.69, 9.17) is 5.10 Å². The molecule has 5 rings (SSSR count). The average molecular weight is 383 g/mol. The molecule has 0 radical (unpaired) electrons. The molecule has 0 atom stereocenters. The summed E-state index contributed by atoms with van der Waals surface area (Å²) in [4.78, 5) is 2.72. The van der Waals surface area contributed by atoms with Crippen LogP contribution >= 0.6 is 11.3 Å². The summed E-state index contributed by atoms with van der Waals surface area (Å²) >= 11 is 1.66. The van der Waals surface area contributed by atoms with Crippen LogP contribution in [0.15, 0.2) is 29.0 Å². The number of thiophene rings is 1. The van der Waals surface area contributed by atoms with Gasteiger partial charge < -0.3 is 10.2 Å². The fourth-order valence-electron chi connectivity index (χ4n) is 4.50. The molecule has 6 nitrogen and oxygen atoms in total. The molecule has 3 aromatic heterocycles. The van der Waals surface area contributed by atoms with Crippen molar-refractivity contribution in [2.24, 2.45) is 0 Å². The largest absolute Gasteiger partial charge is 0.366 e. The molecule has 3 aromatic rings. The van der Waals surface area contributed by atoms with Gasteiger partial charge in [-0.15, -0.1) is 15.3 Å². The van der Waals surface area contributed by atoms with Crippen LogP contribution in [0.1, 0.15) is 44.9 Å². The Morgan fingerprint density at radius 2 is 1.81 bits per heavy atom. The number of aromatic nitrogens is 4. The Kier molecular flexibility index (Phi) is 4.80. The van der Waals surface area contributed by atoms with Crippen molar-refractivity contribution in [2.75, 3.05) is 18.4 Å². The number of piperidine rings is 1. The highest BCUT2D eigenvalue weighted by molar-refractivity contribution is 7.08. The molecule has 1 N–H and O–H groups in total. The third-order valence-electron chi connectivity index (χ3n) is 6.01. The number of anilines is 1. The monoisotopic (exact) mass is 382 g/mol. The summed E-state index contributed by atoms with van der Waals surface area (Å²) in [5.41, 5.74) is 1.85. The quantitative estimate of drug-likeness (QED) is 0.737. The maximum Gasteiger partial charge on any atom is 0.186 e. The lowest BCUT2D eigenvalue weighted by Gasteiger charge is -2.39. The maximum atomic E-state index is 4.77. The van der Waals surface area contributed by atoms with Crippen molar-refractivity contribution in [3.05, 3.63) is 29.0 Å². The first-order valence-electron chi connectivity index (χ1n) is 10.1. The topological polar surface area (TPSA) is 58.4 Å². The van der Waals surface area contributed by atoms with Crippen LogP contribution in [-0.4, -0.2) is 49.9 Å². The van der Waals surface area contributed by atoms with Gasteiger partial charge in [0.2, 0.25) is 0 Å². The SMILES string of the molecule is c1cc(-c2nnc3ccc(NC4CCN(C5CCCCC5)CC4)nn23)cs1. The molecule has 4 heterocycles. The normalized spacial score (nSPS) is 20.3. The van der Waals surface area contributed by atoms with Gasteiger partial charge >= 0.3 is 0 Å². The van der Waals surface area contributed by atoms with E-state index in [-0.39, 0.29) is 0 Å². The highest BCUT2D eigenvalue weighted by Crippen LogP contribution is 2.26. The smallest absolute Gasteiger partial charge is 0.186 e. The summed E-state index contributed by atoms with van der Waals surface area (Å²) in [5, 5.41) is 21.1. The Morgan fingerprint density at radius 1 is 0.963 bits per heavy atom. The standard InChI is InChI=1S/C20H26N6S/c1-2-4-17(5-3-1)25-11-8-16(9-12-25)21-18-6-7-19-22-23-20(26(19)24-18)15-10-13-27-14-15/h6-7,10,13-14,16-17H,1-5,8-9,11-12H2,(H,21,24). The lowest BCUT2D eigenvalue weighted by atomic mass is 9.92. The van der Waals surface area contributed by atoms with E-state index in [0.29, 0.717) is 6.04 Å². The molecule has 27 heavy (non-hydrogen) atoms. The zero-order valence-corrected chi connectivity index (χ0v) is 16.4. The molecular formula is C20H26N6S. The fourth-order valence-corrected chi connectivity index (χ4v) is 5.14. The van der Waals surface area contributed by atoms with Gasteiger partial charge in [-0.1, -0.05) is 19.3 Å². The summed E-state index contributed by atoms with van der Waals surface area (Å²) in [5.74, 6) is 1.72. The predicted octanol–water partition coefficient (Wildman–Crippen LogP) is 4.06. The molecular weight excluding hydrogens is 356 g/mol. The van der Waals surface area contributed by atoms with E-state index in [9.17, 15) is 0 Å². The minimum atomic E-state index is 0.496. The van der Waals surface area contributed by atoms with Gasteiger partial charge in [-0.05, 0) is 49.3 Å². The third-order valence-corrected chi connectivity index (χ3v) is 6.70. The van der Waals surface area contributed by atoms with Crippen LogP contribution < -0.4 is 5.32 Å². The van der Waals surface area contributed by atoms with Crippen LogP contribution in [-0.2, 0) is 0 Å². The number of nitrogens with one attached hydrogen (secondary N) is 1. The van der Waals surface area contributed by atoms with Gasteiger partial charge in [0.1, 0.15) is 5.82 Å². The molecule has 0 amide bonds. The Bertz CT molecular complexity index is 875. The summed E-state index contributed by atoms with van der Waals surface area (Å²) in [6.07, 6.45) is 9.44. The lowest BCUT2D eigenvalue weighted by Crippen LogP contribution is -2.45. The van der Waals surface area contributed by atoms with Crippen molar-refractivity contribution in [3.63, 3.8) is 0 Å². The number of likely N-dealkylation sites (tertiary alicyclic amines) is 1. The maximum absolute atomic E-state index is 4.77. The minimum absolute atomic E-state index is 0.496. The van der Waals surface area contributed by atoms with Crippen LogP contribution in [0.3, 0.4) is 0 Å². The first-order valence-corrected chi connectivity index (χ1v) is 11.1. The second-order valence-corrected chi connectivity index (χ2v) is 8.55. The molecule has 2 fully saturated rings. The minimum Gasteiger partial charge on any atom is -0.366 e. The number of fused-ring (bicyclic) bond motifs is 1. The zero-order chi connectivity index (χ0) is 18.1. The molecule has 7 heteroatoms. The average Bonchev–Trinajstić information content (AvgIpc) is 3.38. The van der Waals surface area contributed by atoms with Crippen LogP contribution in [0, 0.1) is 0 Å². The van der Waals surface area contributed by atoms with Crippen molar-refractivity contribution in [1.29, 1.82) is 0 Å². The second-order valence-electron chi connectivity index (χ2n) is 7.77. The summed E-state index contributed by atoms with van der Waals surface area (Å²) in [6, 6.07) is 7.41. The molecule has 1 saturated carbocycles. The Hall–Kier alpha value is -1.99. The van der Waals surface area contributed by atoms with E-state index in [1.54, 1.807) is 11.3 Å². The van der Waals surface area contributed by atoms with Gasteiger partial charge in [-0.25, -0.2) is 0 Å². The number of hydrogen-bond acceptors (Lipinski definition) is 6. The van der Waals surface area contributed by atoms with E-state index in [2.05, 4.69) is 37.2 Å². The summed E-state index contributed by atoms with van der Waals surface area (Å²) in [7, 11) is 0. The van der Waals surface area contributed by atoms with Crippen molar-refractivity contribution in [3.8, 4) is 11.4 Å². The first-order chi connectivity index (χ1) is 13.4. The molecule has 0 aromatic carbocycles. The van der Waals surface area contributed by atoms with E-state index in [1.807, 2.05) is 16.6 Å². The van der Waals surface area contributed by atoms with E-state index in [1.165, 1.54) is 58.0 Å². The van der Waals surface area contributed by atoms with Crippen LogP contribution in [0.25, 0.3) is 17.0 Å². The molecule has 0 spiro atoms. The van der Waals surface area contributed by atoms with Gasteiger partial charge in [0.05, 0.1) is 0 Å². The van der Waals surface area contributed by atoms with Gasteiger partial charge in [0.15, 0.2) is 11.5 Å². The summed E-state index contributed by atoms with van der Waals surface area (Å²) in [6.45, 7) is 2.41. The number of rotatable bonds is 4. The third kappa shape index (κ3) is 3.58. The second kappa shape index (κ2) is 7.56. The van der Waals surface area contributed by atoms with Gasteiger partial charge in [0.25, 0.3) is 0 Å². The molecule has 1 aliphatic heterocycles. The zero-order valence-electron chi connectivity index (χ0n) is 15.5. The van der Waals surface area contributed by atoms with Crippen LogP contribution in [0.5, 0.6) is 0 Å². The Balaban J connectivity index is 1.26. The number of nitrogens with zero attached hydrogens (tertiary/aromatic N) is 5.